The molecule has 3 rings (SSSR count). The Labute approximate surface area is 188 Å². The van der Waals surface area contributed by atoms with Crippen LogP contribution in [0.25, 0.3) is 0 Å². The number of nitrogens with one attached hydrogen (secondary N) is 2. The van der Waals surface area contributed by atoms with Crippen LogP contribution in [0.1, 0.15) is 26.7 Å². The van der Waals surface area contributed by atoms with Gasteiger partial charge in [-0.3, -0.25) is 9.59 Å². The van der Waals surface area contributed by atoms with E-state index in [9.17, 15) is 22.4 Å². The van der Waals surface area contributed by atoms with Crippen molar-refractivity contribution in [3.8, 4) is 0 Å². The molecule has 0 aromatic heterocycles. The fourth-order valence-electron chi connectivity index (χ4n) is 3.68. The molecule has 0 radical (unpaired) electrons. The lowest BCUT2D eigenvalue weighted by molar-refractivity contribution is -0.130. The third-order valence-corrected chi connectivity index (χ3v) is 7.37. The van der Waals surface area contributed by atoms with Crippen molar-refractivity contribution in [3.05, 3.63) is 60.4 Å². The van der Waals surface area contributed by atoms with Crippen LogP contribution < -0.4 is 10.6 Å². The molecule has 172 valence electrons. The van der Waals surface area contributed by atoms with Gasteiger partial charge in [0.2, 0.25) is 21.8 Å². The summed E-state index contributed by atoms with van der Waals surface area (Å²) in [5.41, 5.74) is 0.631. The van der Waals surface area contributed by atoms with E-state index in [1.807, 2.05) is 19.9 Å². The van der Waals surface area contributed by atoms with Crippen LogP contribution in [0, 0.1) is 17.7 Å². The van der Waals surface area contributed by atoms with E-state index in [1.54, 1.807) is 24.3 Å². The summed E-state index contributed by atoms with van der Waals surface area (Å²) in [7, 11) is -3.84. The van der Waals surface area contributed by atoms with Crippen LogP contribution in [0.4, 0.5) is 10.1 Å². The minimum Gasteiger partial charge on any atom is -0.344 e. The molecule has 2 amide bonds. The largest absolute Gasteiger partial charge is 0.344 e. The number of hydrogen-bond donors (Lipinski definition) is 2. The van der Waals surface area contributed by atoms with E-state index in [1.165, 1.54) is 16.4 Å². The summed E-state index contributed by atoms with van der Waals surface area (Å²) >= 11 is 0. The van der Waals surface area contributed by atoms with E-state index in [2.05, 4.69) is 10.6 Å². The first-order valence-corrected chi connectivity index (χ1v) is 12.0. The maximum absolute atomic E-state index is 13.2. The van der Waals surface area contributed by atoms with Gasteiger partial charge in [-0.2, -0.15) is 4.31 Å². The average Bonchev–Trinajstić information content (AvgIpc) is 2.78. The van der Waals surface area contributed by atoms with Crippen molar-refractivity contribution < 1.29 is 22.4 Å². The molecule has 2 aromatic carbocycles. The molecular weight excluding hydrogens is 433 g/mol. The van der Waals surface area contributed by atoms with Crippen molar-refractivity contribution in [1.82, 2.24) is 9.62 Å². The normalized spacial score (nSPS) is 18.2. The molecule has 0 bridgehead atoms. The Morgan fingerprint density at radius 3 is 2.34 bits per heavy atom. The summed E-state index contributed by atoms with van der Waals surface area (Å²) in [6, 6.07) is 12.8. The third kappa shape index (κ3) is 5.72. The Balaban J connectivity index is 1.68. The second-order valence-electron chi connectivity index (χ2n) is 8.24. The highest BCUT2D eigenvalue weighted by molar-refractivity contribution is 7.89. The highest BCUT2D eigenvalue weighted by atomic mass is 32.2. The molecule has 1 heterocycles. The summed E-state index contributed by atoms with van der Waals surface area (Å²) in [4.78, 5) is 25.7. The average molecular weight is 462 g/mol. The second kappa shape index (κ2) is 10.2. The number of rotatable bonds is 7. The van der Waals surface area contributed by atoms with Gasteiger partial charge in [0.25, 0.3) is 0 Å². The Morgan fingerprint density at radius 1 is 1.06 bits per heavy atom. The van der Waals surface area contributed by atoms with Crippen LogP contribution in [-0.4, -0.2) is 43.7 Å². The fourth-order valence-corrected chi connectivity index (χ4v) is 5.20. The monoisotopic (exact) mass is 461 g/mol. The van der Waals surface area contributed by atoms with E-state index in [0.717, 1.165) is 12.1 Å². The first-order chi connectivity index (χ1) is 15.2. The van der Waals surface area contributed by atoms with Crippen LogP contribution in [0.2, 0.25) is 0 Å². The summed E-state index contributed by atoms with van der Waals surface area (Å²) in [5, 5.41) is 5.60. The van der Waals surface area contributed by atoms with Crippen molar-refractivity contribution in [2.24, 2.45) is 11.8 Å². The minimum atomic E-state index is -3.84. The molecule has 2 atom stereocenters. The van der Waals surface area contributed by atoms with Crippen molar-refractivity contribution in [3.63, 3.8) is 0 Å². The van der Waals surface area contributed by atoms with Crippen LogP contribution >= 0.6 is 0 Å². The number of nitrogens with zero attached hydrogens (tertiary/aromatic N) is 1. The van der Waals surface area contributed by atoms with Gasteiger partial charge in [-0.15, -0.1) is 0 Å². The van der Waals surface area contributed by atoms with Crippen molar-refractivity contribution in [2.45, 2.75) is 37.6 Å². The Hall–Kier alpha value is -2.78. The van der Waals surface area contributed by atoms with E-state index in [0.29, 0.717) is 18.5 Å². The maximum atomic E-state index is 13.2. The number of piperidine rings is 1. The first kappa shape index (κ1) is 23.9. The number of halogens is 1. The molecular formula is C23H28FN3O4S. The smallest absolute Gasteiger partial charge is 0.247 e. The molecule has 1 saturated heterocycles. The summed E-state index contributed by atoms with van der Waals surface area (Å²) in [5.74, 6) is -1.94. The zero-order valence-corrected chi connectivity index (χ0v) is 18.9. The molecule has 9 heteroatoms. The van der Waals surface area contributed by atoms with Gasteiger partial charge in [-0.05, 0) is 55.2 Å². The minimum absolute atomic E-state index is 0.0106. The molecule has 32 heavy (non-hydrogen) atoms. The molecule has 1 unspecified atom stereocenters. The summed E-state index contributed by atoms with van der Waals surface area (Å²) in [6.45, 7) is 3.96. The van der Waals surface area contributed by atoms with Gasteiger partial charge in [-0.25, -0.2) is 12.8 Å². The molecule has 0 aliphatic carbocycles. The zero-order chi connectivity index (χ0) is 23.3. The van der Waals surface area contributed by atoms with Crippen molar-refractivity contribution in [2.75, 3.05) is 18.4 Å². The number of amides is 2. The molecule has 0 spiro atoms. The molecule has 1 fully saturated rings. The number of sulfonamides is 1. The van der Waals surface area contributed by atoms with Gasteiger partial charge in [0, 0.05) is 18.8 Å². The quantitative estimate of drug-likeness (QED) is 0.663. The predicted octanol–water partition coefficient (Wildman–Crippen LogP) is 3.01. The number of anilines is 1. The van der Waals surface area contributed by atoms with Gasteiger partial charge in [0.05, 0.1) is 10.8 Å². The summed E-state index contributed by atoms with van der Waals surface area (Å²) in [6.07, 6.45) is 1.04. The molecule has 1 aliphatic heterocycles. The van der Waals surface area contributed by atoms with E-state index < -0.39 is 27.8 Å². The first-order valence-electron chi connectivity index (χ1n) is 10.6. The van der Waals surface area contributed by atoms with E-state index in [4.69, 9.17) is 0 Å². The lowest BCUT2D eigenvalue weighted by atomic mass is 9.96. The predicted molar refractivity (Wildman–Crippen MR) is 120 cm³/mol. The lowest BCUT2D eigenvalue weighted by Gasteiger charge is -2.32. The van der Waals surface area contributed by atoms with Crippen LogP contribution in [0.15, 0.2) is 59.5 Å². The Kier molecular flexibility index (Phi) is 7.63. The summed E-state index contributed by atoms with van der Waals surface area (Å²) < 4.78 is 40.3. The molecule has 2 N–H and O–H groups in total. The lowest BCUT2D eigenvalue weighted by Crippen LogP contribution is -2.52. The number of carbonyl (C=O) groups is 2. The molecule has 7 nitrogen and oxygen atoms in total. The number of carbonyl (C=O) groups excluding carboxylic acids is 2. The van der Waals surface area contributed by atoms with Gasteiger partial charge in [-0.1, -0.05) is 32.0 Å². The van der Waals surface area contributed by atoms with E-state index >= 15 is 0 Å². The van der Waals surface area contributed by atoms with Gasteiger partial charge < -0.3 is 10.6 Å². The standard InChI is InChI=1S/C23H28FN3O4S/c1-16(2)21(23(29)25-19-8-4-3-5-9-19)26-22(28)17-7-6-14-27(15-17)32(30,31)20-12-10-18(24)11-13-20/h3-5,8-13,16-17,21H,6-7,14-15H2,1-2H3,(H,25,29)(H,26,28)/t17?,21-/m0/s1. The Morgan fingerprint density at radius 2 is 1.72 bits per heavy atom. The maximum Gasteiger partial charge on any atom is 0.247 e. The highest BCUT2D eigenvalue weighted by Crippen LogP contribution is 2.24. The number of para-hydroxylation sites is 1. The topological polar surface area (TPSA) is 95.6 Å². The van der Waals surface area contributed by atoms with Crippen LogP contribution in [-0.2, 0) is 19.6 Å². The van der Waals surface area contributed by atoms with Gasteiger partial charge in [0.1, 0.15) is 11.9 Å². The number of benzene rings is 2. The third-order valence-electron chi connectivity index (χ3n) is 5.49. The molecule has 1 aliphatic rings. The molecule has 0 saturated carbocycles. The van der Waals surface area contributed by atoms with Crippen LogP contribution in [0.5, 0.6) is 0 Å². The van der Waals surface area contributed by atoms with Gasteiger partial charge >= 0.3 is 0 Å². The van der Waals surface area contributed by atoms with E-state index in [-0.39, 0.29) is 35.7 Å². The molecule has 2 aromatic rings. The van der Waals surface area contributed by atoms with Crippen molar-refractivity contribution >= 4 is 27.5 Å². The van der Waals surface area contributed by atoms with Crippen molar-refractivity contribution in [1.29, 1.82) is 0 Å². The van der Waals surface area contributed by atoms with Gasteiger partial charge in [0.15, 0.2) is 0 Å². The second-order valence-corrected chi connectivity index (χ2v) is 10.2. The fraction of sp³-hybridized carbons (Fsp3) is 0.391. The SMILES string of the molecule is CC(C)[C@H](NC(=O)C1CCCN(S(=O)(=O)c2ccc(F)cc2)C1)C(=O)Nc1ccccc1. The zero-order valence-electron chi connectivity index (χ0n) is 18.1. The van der Waals surface area contributed by atoms with Crippen LogP contribution in [0.3, 0.4) is 0 Å². The number of hydrogen-bond acceptors (Lipinski definition) is 4. The highest BCUT2D eigenvalue weighted by Gasteiger charge is 2.35. The Bertz CT molecular complexity index is 1040.